The molecule has 3 N–H and O–H groups in total. The van der Waals surface area contributed by atoms with E-state index in [1.807, 2.05) is 0 Å². The number of aliphatic carboxylic acids is 1. The summed E-state index contributed by atoms with van der Waals surface area (Å²) in [6.07, 6.45) is 1.87. The van der Waals surface area contributed by atoms with E-state index in [0.717, 1.165) is 5.57 Å². The molecule has 0 aromatic carbocycles. The van der Waals surface area contributed by atoms with Crippen LogP contribution < -0.4 is 5.32 Å². The molecular formula is C12H23NO3. The Hall–Kier alpha value is -0.870. The molecule has 0 spiro atoms. The second kappa shape index (κ2) is 6.66. The summed E-state index contributed by atoms with van der Waals surface area (Å²) >= 11 is 0. The van der Waals surface area contributed by atoms with Gasteiger partial charge in [-0.25, -0.2) is 4.79 Å². The van der Waals surface area contributed by atoms with Gasteiger partial charge in [-0.3, -0.25) is 0 Å². The maximum Gasteiger partial charge on any atom is 0.328 e. The summed E-state index contributed by atoms with van der Waals surface area (Å²) in [6, 6.07) is 0.176. The van der Waals surface area contributed by atoms with E-state index < -0.39 is 5.97 Å². The monoisotopic (exact) mass is 229 g/mol. The molecule has 4 heteroatoms. The third-order valence-electron chi connectivity index (χ3n) is 2.46. The third kappa shape index (κ3) is 6.58. The Bertz CT molecular complexity index is 253. The molecule has 0 aliphatic carbocycles. The molecule has 0 radical (unpaired) electrons. The second-order valence-corrected chi connectivity index (χ2v) is 5.14. The summed E-state index contributed by atoms with van der Waals surface area (Å²) in [7, 11) is 0. The zero-order valence-corrected chi connectivity index (χ0v) is 10.6. The van der Waals surface area contributed by atoms with E-state index in [1.54, 1.807) is 6.92 Å². The minimum Gasteiger partial charge on any atom is -0.478 e. The Labute approximate surface area is 97.4 Å². The fraction of sp³-hybridized carbons (Fsp3) is 0.750. The zero-order valence-electron chi connectivity index (χ0n) is 10.6. The number of rotatable bonds is 6. The van der Waals surface area contributed by atoms with Crippen LogP contribution >= 0.6 is 0 Å². The van der Waals surface area contributed by atoms with Gasteiger partial charge in [-0.05, 0) is 18.8 Å². The van der Waals surface area contributed by atoms with Crippen molar-refractivity contribution in [1.29, 1.82) is 0 Å². The third-order valence-corrected chi connectivity index (χ3v) is 2.46. The van der Waals surface area contributed by atoms with Crippen molar-refractivity contribution in [3.05, 3.63) is 11.6 Å². The topological polar surface area (TPSA) is 69.6 Å². The standard InChI is InChI=1S/C12H23NO3/c1-9(7-11(15)16)8-13-10(5-6-14)12(2,3)4/h7,10,13-14H,5-6,8H2,1-4H3,(H,15,16). The number of carboxylic acids is 1. The molecule has 94 valence electrons. The molecule has 0 saturated heterocycles. The van der Waals surface area contributed by atoms with Crippen LogP contribution in [-0.4, -0.2) is 35.4 Å². The van der Waals surface area contributed by atoms with Crippen molar-refractivity contribution in [2.75, 3.05) is 13.2 Å². The highest BCUT2D eigenvalue weighted by Gasteiger charge is 2.23. The molecule has 0 saturated carbocycles. The number of nitrogens with one attached hydrogen (secondary N) is 1. The number of carboxylic acid groups (broad SMARTS) is 1. The smallest absolute Gasteiger partial charge is 0.328 e. The molecule has 0 heterocycles. The minimum absolute atomic E-state index is 0.0479. The molecule has 0 aliphatic rings. The van der Waals surface area contributed by atoms with Gasteiger partial charge in [-0.1, -0.05) is 26.3 Å². The Morgan fingerprint density at radius 1 is 1.44 bits per heavy atom. The summed E-state index contributed by atoms with van der Waals surface area (Å²) in [5.74, 6) is -0.922. The molecule has 0 fully saturated rings. The quantitative estimate of drug-likeness (QED) is 0.602. The van der Waals surface area contributed by atoms with Crippen molar-refractivity contribution in [2.45, 2.75) is 40.2 Å². The summed E-state index contributed by atoms with van der Waals surface area (Å²) in [5.41, 5.74) is 0.825. The maximum absolute atomic E-state index is 10.4. The number of hydrogen-bond donors (Lipinski definition) is 3. The van der Waals surface area contributed by atoms with Gasteiger partial charge in [0.05, 0.1) is 0 Å². The Balaban J connectivity index is 4.28. The highest BCUT2D eigenvalue weighted by atomic mass is 16.4. The van der Waals surface area contributed by atoms with Crippen LogP contribution in [0.4, 0.5) is 0 Å². The van der Waals surface area contributed by atoms with Crippen molar-refractivity contribution in [3.8, 4) is 0 Å². The van der Waals surface area contributed by atoms with Crippen LogP contribution in [0.3, 0.4) is 0 Å². The van der Waals surface area contributed by atoms with Gasteiger partial charge in [0.15, 0.2) is 0 Å². The van der Waals surface area contributed by atoms with E-state index in [-0.39, 0.29) is 18.1 Å². The molecular weight excluding hydrogens is 206 g/mol. The lowest BCUT2D eigenvalue weighted by atomic mass is 9.85. The molecule has 4 nitrogen and oxygen atoms in total. The van der Waals surface area contributed by atoms with Crippen LogP contribution in [0.5, 0.6) is 0 Å². The summed E-state index contributed by atoms with van der Waals surface area (Å²) in [5, 5.41) is 20.8. The zero-order chi connectivity index (χ0) is 12.8. The molecule has 0 amide bonds. The highest BCUT2D eigenvalue weighted by Crippen LogP contribution is 2.21. The van der Waals surface area contributed by atoms with Gasteiger partial charge in [-0.2, -0.15) is 0 Å². The van der Waals surface area contributed by atoms with Gasteiger partial charge in [0.1, 0.15) is 0 Å². The fourth-order valence-corrected chi connectivity index (χ4v) is 1.52. The molecule has 1 atom stereocenters. The fourth-order valence-electron chi connectivity index (χ4n) is 1.52. The Morgan fingerprint density at radius 3 is 2.38 bits per heavy atom. The van der Waals surface area contributed by atoms with Crippen LogP contribution in [0.1, 0.15) is 34.1 Å². The molecule has 1 unspecified atom stereocenters. The van der Waals surface area contributed by atoms with Crippen molar-refractivity contribution in [3.63, 3.8) is 0 Å². The first-order valence-electron chi connectivity index (χ1n) is 5.51. The van der Waals surface area contributed by atoms with Crippen molar-refractivity contribution >= 4 is 5.97 Å². The summed E-state index contributed by atoms with van der Waals surface area (Å²) < 4.78 is 0. The SMILES string of the molecule is CC(=CC(=O)O)CNC(CCO)C(C)(C)C. The minimum atomic E-state index is -0.922. The average molecular weight is 229 g/mol. The van der Waals surface area contributed by atoms with Crippen LogP contribution in [0.25, 0.3) is 0 Å². The molecule has 0 bridgehead atoms. The van der Waals surface area contributed by atoms with Crippen LogP contribution in [-0.2, 0) is 4.79 Å². The van der Waals surface area contributed by atoms with Crippen molar-refractivity contribution in [2.24, 2.45) is 5.41 Å². The lowest BCUT2D eigenvalue weighted by Gasteiger charge is -2.31. The van der Waals surface area contributed by atoms with Gasteiger partial charge in [0.2, 0.25) is 0 Å². The lowest BCUT2D eigenvalue weighted by molar-refractivity contribution is -0.131. The molecule has 0 aromatic heterocycles. The predicted octanol–water partition coefficient (Wildman–Crippen LogP) is 1.40. The number of hydrogen-bond acceptors (Lipinski definition) is 3. The Morgan fingerprint density at radius 2 is 2.00 bits per heavy atom. The first kappa shape index (κ1) is 15.1. The van der Waals surface area contributed by atoms with Crippen molar-refractivity contribution in [1.82, 2.24) is 5.32 Å². The number of aliphatic hydroxyl groups is 1. The van der Waals surface area contributed by atoms with Gasteiger partial charge in [0, 0.05) is 25.3 Å². The van der Waals surface area contributed by atoms with Crippen molar-refractivity contribution < 1.29 is 15.0 Å². The van der Waals surface area contributed by atoms with E-state index >= 15 is 0 Å². The van der Waals surface area contributed by atoms with E-state index in [9.17, 15) is 4.79 Å². The first-order chi connectivity index (χ1) is 7.27. The maximum atomic E-state index is 10.4. The lowest BCUT2D eigenvalue weighted by Crippen LogP contribution is -2.41. The van der Waals surface area contributed by atoms with E-state index in [0.29, 0.717) is 13.0 Å². The highest BCUT2D eigenvalue weighted by molar-refractivity contribution is 5.80. The number of carbonyl (C=O) groups is 1. The van der Waals surface area contributed by atoms with E-state index in [4.69, 9.17) is 10.2 Å². The molecule has 0 aromatic rings. The van der Waals surface area contributed by atoms with Crippen LogP contribution in [0, 0.1) is 5.41 Å². The normalized spacial score (nSPS) is 14.9. The Kier molecular flexibility index (Phi) is 6.29. The van der Waals surface area contributed by atoms with Crippen LogP contribution in [0.2, 0.25) is 0 Å². The van der Waals surface area contributed by atoms with Gasteiger partial charge < -0.3 is 15.5 Å². The molecule has 0 aliphatic heterocycles. The van der Waals surface area contributed by atoms with E-state index in [1.165, 1.54) is 6.08 Å². The van der Waals surface area contributed by atoms with Crippen LogP contribution in [0.15, 0.2) is 11.6 Å². The van der Waals surface area contributed by atoms with Gasteiger partial charge in [-0.15, -0.1) is 0 Å². The summed E-state index contributed by atoms with van der Waals surface area (Å²) in [6.45, 7) is 8.73. The molecule has 16 heavy (non-hydrogen) atoms. The largest absolute Gasteiger partial charge is 0.478 e. The second-order valence-electron chi connectivity index (χ2n) is 5.14. The number of aliphatic hydroxyl groups excluding tert-OH is 1. The molecule has 0 rings (SSSR count). The average Bonchev–Trinajstić information content (AvgIpc) is 2.08. The first-order valence-corrected chi connectivity index (χ1v) is 5.51. The van der Waals surface area contributed by atoms with E-state index in [2.05, 4.69) is 26.1 Å². The predicted molar refractivity (Wildman–Crippen MR) is 64.3 cm³/mol. The van der Waals surface area contributed by atoms with Gasteiger partial charge >= 0.3 is 5.97 Å². The summed E-state index contributed by atoms with van der Waals surface area (Å²) in [4.78, 5) is 10.4. The van der Waals surface area contributed by atoms with Gasteiger partial charge in [0.25, 0.3) is 0 Å².